The van der Waals surface area contributed by atoms with Gasteiger partial charge in [-0.05, 0) is 44.0 Å². The van der Waals surface area contributed by atoms with Gasteiger partial charge in [0, 0.05) is 12.5 Å². The van der Waals surface area contributed by atoms with Gasteiger partial charge in [-0.1, -0.05) is 29.8 Å². The van der Waals surface area contributed by atoms with Crippen molar-refractivity contribution in [1.82, 2.24) is 5.32 Å². The first-order valence-electron chi connectivity index (χ1n) is 8.76. The molecule has 2 aromatic rings. The van der Waals surface area contributed by atoms with E-state index in [1.54, 1.807) is 4.90 Å². The highest BCUT2D eigenvalue weighted by molar-refractivity contribution is 6.07. The minimum Gasteiger partial charge on any atom is -0.492 e. The molecule has 1 N–H and O–H groups in total. The molecule has 1 heterocycles. The van der Waals surface area contributed by atoms with Crippen LogP contribution in [0.1, 0.15) is 35.2 Å². The van der Waals surface area contributed by atoms with Crippen molar-refractivity contribution in [3.63, 3.8) is 0 Å². The van der Waals surface area contributed by atoms with Crippen LogP contribution in [0, 0.1) is 20.8 Å². The van der Waals surface area contributed by atoms with Crippen LogP contribution in [0.3, 0.4) is 0 Å². The molecule has 2 amide bonds. The number of hydrogen-bond acceptors (Lipinski definition) is 3. The molecule has 136 valence electrons. The largest absolute Gasteiger partial charge is 0.492 e. The molecule has 0 bridgehead atoms. The lowest BCUT2D eigenvalue weighted by molar-refractivity contribution is -0.126. The van der Waals surface area contributed by atoms with Crippen molar-refractivity contribution in [2.24, 2.45) is 0 Å². The summed E-state index contributed by atoms with van der Waals surface area (Å²) in [7, 11) is 0. The zero-order valence-electron chi connectivity index (χ0n) is 15.6. The van der Waals surface area contributed by atoms with E-state index in [1.165, 1.54) is 6.92 Å². The van der Waals surface area contributed by atoms with E-state index in [1.807, 2.05) is 51.1 Å². The Morgan fingerprint density at radius 3 is 2.62 bits per heavy atom. The average Bonchev–Trinajstić information content (AvgIpc) is 2.80. The van der Waals surface area contributed by atoms with Crippen LogP contribution in [-0.2, 0) is 9.59 Å². The number of rotatable bonds is 5. The molecule has 0 radical (unpaired) electrons. The molecule has 3 rings (SSSR count). The molecule has 0 fully saturated rings. The van der Waals surface area contributed by atoms with Crippen LogP contribution >= 0.6 is 0 Å². The fraction of sp³-hybridized carbons (Fsp3) is 0.333. The third-order valence-electron chi connectivity index (χ3n) is 4.49. The molecule has 0 saturated heterocycles. The highest BCUT2D eigenvalue weighted by Crippen LogP contribution is 2.39. The average molecular weight is 352 g/mol. The zero-order valence-corrected chi connectivity index (χ0v) is 15.6. The number of nitrogens with zero attached hydrogens (tertiary/aromatic N) is 1. The van der Waals surface area contributed by atoms with Gasteiger partial charge in [-0.15, -0.1) is 0 Å². The second-order valence-electron chi connectivity index (χ2n) is 6.81. The van der Waals surface area contributed by atoms with E-state index >= 15 is 0 Å². The predicted octanol–water partition coefficient (Wildman–Crippen LogP) is 3.21. The van der Waals surface area contributed by atoms with Crippen LogP contribution in [0.15, 0.2) is 36.4 Å². The molecule has 5 nitrogen and oxygen atoms in total. The number of benzene rings is 2. The number of anilines is 1. The predicted molar refractivity (Wildman–Crippen MR) is 102 cm³/mol. The molecule has 0 spiro atoms. The first kappa shape index (κ1) is 18.0. The van der Waals surface area contributed by atoms with Crippen molar-refractivity contribution in [3.05, 3.63) is 58.7 Å². The first-order chi connectivity index (χ1) is 12.4. The normalized spacial score (nSPS) is 15.8. The molecule has 1 atom stereocenters. The Bertz CT molecular complexity index is 860. The van der Waals surface area contributed by atoms with E-state index < -0.39 is 6.04 Å². The van der Waals surface area contributed by atoms with Gasteiger partial charge >= 0.3 is 0 Å². The van der Waals surface area contributed by atoms with Gasteiger partial charge in [-0.2, -0.15) is 0 Å². The molecule has 2 aromatic carbocycles. The number of carbonyl (C=O) groups is 2. The number of hydrogen-bond donors (Lipinski definition) is 1. The molecule has 0 unspecified atom stereocenters. The topological polar surface area (TPSA) is 58.6 Å². The van der Waals surface area contributed by atoms with Gasteiger partial charge in [0.15, 0.2) is 0 Å². The fourth-order valence-electron chi connectivity index (χ4n) is 3.51. The Kier molecular flexibility index (Phi) is 4.98. The van der Waals surface area contributed by atoms with Gasteiger partial charge in [-0.25, -0.2) is 0 Å². The minimum absolute atomic E-state index is 0.114. The Morgan fingerprint density at radius 2 is 1.92 bits per heavy atom. The van der Waals surface area contributed by atoms with Crippen LogP contribution in [0.4, 0.5) is 5.69 Å². The van der Waals surface area contributed by atoms with Gasteiger partial charge in [0.05, 0.1) is 12.2 Å². The van der Waals surface area contributed by atoms with E-state index in [0.717, 1.165) is 33.7 Å². The highest BCUT2D eigenvalue weighted by atomic mass is 16.5. The van der Waals surface area contributed by atoms with Crippen molar-refractivity contribution < 1.29 is 14.3 Å². The lowest BCUT2D eigenvalue weighted by atomic mass is 10.0. The zero-order chi connectivity index (χ0) is 18.8. The summed E-state index contributed by atoms with van der Waals surface area (Å²) >= 11 is 0. The molecule has 5 heteroatoms. The van der Waals surface area contributed by atoms with Gasteiger partial charge in [0.25, 0.3) is 5.91 Å². The van der Waals surface area contributed by atoms with Crippen LogP contribution in [0.25, 0.3) is 0 Å². The van der Waals surface area contributed by atoms with Crippen molar-refractivity contribution in [2.45, 2.75) is 33.7 Å². The van der Waals surface area contributed by atoms with Crippen molar-refractivity contribution in [1.29, 1.82) is 0 Å². The molecule has 0 aromatic heterocycles. The van der Waals surface area contributed by atoms with Crippen molar-refractivity contribution in [2.75, 3.05) is 18.1 Å². The van der Waals surface area contributed by atoms with Crippen molar-refractivity contribution in [3.8, 4) is 5.75 Å². The van der Waals surface area contributed by atoms with Crippen molar-refractivity contribution >= 4 is 17.5 Å². The monoisotopic (exact) mass is 352 g/mol. The quantitative estimate of drug-likeness (QED) is 0.899. The molecule has 0 aliphatic carbocycles. The second kappa shape index (κ2) is 7.20. The Balaban J connectivity index is 1.81. The number of amides is 2. The maximum Gasteiger partial charge on any atom is 0.254 e. The molecular weight excluding hydrogens is 328 g/mol. The Labute approximate surface area is 154 Å². The van der Waals surface area contributed by atoms with Gasteiger partial charge in [0.2, 0.25) is 5.91 Å². The first-order valence-corrected chi connectivity index (χ1v) is 8.76. The number of nitrogens with one attached hydrogen (secondary N) is 1. The lowest BCUT2D eigenvalue weighted by Crippen LogP contribution is -2.38. The second-order valence-corrected chi connectivity index (χ2v) is 6.81. The molecule has 26 heavy (non-hydrogen) atoms. The van der Waals surface area contributed by atoms with Gasteiger partial charge in [0.1, 0.15) is 18.4 Å². The fourth-order valence-corrected chi connectivity index (χ4v) is 3.51. The summed E-state index contributed by atoms with van der Waals surface area (Å²) < 4.78 is 5.81. The SMILES string of the molecule is CC(=O)N[C@H]1C(=O)N(CCOc2cccc(C)c2)c2c(C)cc(C)cc21. The van der Waals surface area contributed by atoms with Crippen LogP contribution in [0.2, 0.25) is 0 Å². The highest BCUT2D eigenvalue weighted by Gasteiger charge is 2.38. The molecule has 1 aliphatic rings. The molecular formula is C21H24N2O3. The summed E-state index contributed by atoms with van der Waals surface area (Å²) in [5.74, 6) is 0.457. The third-order valence-corrected chi connectivity index (χ3v) is 4.49. The molecule has 1 aliphatic heterocycles. The van der Waals surface area contributed by atoms with E-state index in [2.05, 4.69) is 11.4 Å². The maximum atomic E-state index is 12.9. The van der Waals surface area contributed by atoms with E-state index in [9.17, 15) is 9.59 Å². The standard InChI is InChI=1S/C21H24N2O3/c1-13-6-5-7-17(11-13)26-9-8-23-20-15(3)10-14(2)12-18(20)19(21(23)25)22-16(4)24/h5-7,10-12,19H,8-9H2,1-4H3,(H,22,24)/t19-/m1/s1. The van der Waals surface area contributed by atoms with Crippen LogP contribution < -0.4 is 15.0 Å². The van der Waals surface area contributed by atoms with Gasteiger partial charge in [-0.3, -0.25) is 9.59 Å². The van der Waals surface area contributed by atoms with E-state index in [0.29, 0.717) is 13.2 Å². The van der Waals surface area contributed by atoms with E-state index in [-0.39, 0.29) is 11.8 Å². The Morgan fingerprint density at radius 1 is 1.15 bits per heavy atom. The summed E-state index contributed by atoms with van der Waals surface area (Å²) in [4.78, 5) is 26.2. The smallest absolute Gasteiger partial charge is 0.254 e. The van der Waals surface area contributed by atoms with Gasteiger partial charge < -0.3 is 15.0 Å². The third kappa shape index (κ3) is 3.57. The Hall–Kier alpha value is -2.82. The van der Waals surface area contributed by atoms with Crippen LogP contribution in [-0.4, -0.2) is 25.0 Å². The summed E-state index contributed by atoms with van der Waals surface area (Å²) in [5, 5.41) is 2.78. The van der Waals surface area contributed by atoms with Crippen LogP contribution in [0.5, 0.6) is 5.75 Å². The summed E-state index contributed by atoms with van der Waals surface area (Å²) in [5.41, 5.74) is 4.96. The number of fused-ring (bicyclic) bond motifs is 1. The number of ether oxygens (including phenoxy) is 1. The number of aryl methyl sites for hydroxylation is 3. The summed E-state index contributed by atoms with van der Waals surface area (Å²) in [6.07, 6.45) is 0. The summed E-state index contributed by atoms with van der Waals surface area (Å²) in [6, 6.07) is 11.2. The summed E-state index contributed by atoms with van der Waals surface area (Å²) in [6.45, 7) is 8.24. The molecule has 0 saturated carbocycles. The lowest BCUT2D eigenvalue weighted by Gasteiger charge is -2.20. The van der Waals surface area contributed by atoms with E-state index in [4.69, 9.17) is 4.74 Å². The number of carbonyl (C=O) groups excluding carboxylic acids is 2. The minimum atomic E-state index is -0.625. The maximum absolute atomic E-state index is 12.9.